The fraction of sp³-hybridized carbons (Fsp3) is 0.571. The number of piperidine rings is 1. The highest BCUT2D eigenvalue weighted by atomic mass is 19.1. The summed E-state index contributed by atoms with van der Waals surface area (Å²) in [7, 11) is 1.95. The summed E-state index contributed by atoms with van der Waals surface area (Å²) in [6, 6.07) is 3.27. The fourth-order valence-corrected chi connectivity index (χ4v) is 2.55. The lowest BCUT2D eigenvalue weighted by molar-refractivity contribution is 0.0481. The first-order valence-electron chi connectivity index (χ1n) is 6.24. The van der Waals surface area contributed by atoms with Crippen LogP contribution in [-0.4, -0.2) is 30.7 Å². The van der Waals surface area contributed by atoms with E-state index in [1.54, 1.807) is 6.92 Å². The van der Waals surface area contributed by atoms with Crippen molar-refractivity contribution in [3.8, 4) is 0 Å². The quantitative estimate of drug-likeness (QED) is 0.783. The van der Waals surface area contributed by atoms with Crippen LogP contribution in [0.1, 0.15) is 31.2 Å². The van der Waals surface area contributed by atoms with Crippen molar-refractivity contribution in [1.29, 1.82) is 0 Å². The van der Waals surface area contributed by atoms with Gasteiger partial charge in [-0.1, -0.05) is 6.92 Å². The van der Waals surface area contributed by atoms with Gasteiger partial charge in [0.15, 0.2) is 0 Å². The molecule has 18 heavy (non-hydrogen) atoms. The molecule has 2 rings (SSSR count). The maximum atomic E-state index is 14.8. The summed E-state index contributed by atoms with van der Waals surface area (Å²) in [6.45, 7) is 3.07. The first-order chi connectivity index (χ1) is 8.40. The van der Waals surface area contributed by atoms with Gasteiger partial charge < -0.3 is 4.90 Å². The van der Waals surface area contributed by atoms with Gasteiger partial charge in [-0.05, 0) is 37.6 Å². The van der Waals surface area contributed by atoms with Crippen molar-refractivity contribution in [3.63, 3.8) is 0 Å². The molecule has 1 atom stereocenters. The van der Waals surface area contributed by atoms with Crippen molar-refractivity contribution >= 4 is 0 Å². The Hall–Kier alpha value is -1.03. The minimum absolute atomic E-state index is 0.402. The molecule has 1 heterocycles. The normalized spacial score (nSPS) is 21.8. The highest BCUT2D eigenvalue weighted by Crippen LogP contribution is 2.39. The molecular formula is C14H18F3N. The second-order valence-electron chi connectivity index (χ2n) is 5.26. The summed E-state index contributed by atoms with van der Waals surface area (Å²) >= 11 is 0. The maximum absolute atomic E-state index is 14.8. The highest BCUT2D eigenvalue weighted by Gasteiger charge is 2.39. The number of hydrogen-bond acceptors (Lipinski definition) is 1. The number of nitrogens with zero attached hydrogens (tertiary/aromatic N) is 1. The van der Waals surface area contributed by atoms with E-state index in [-0.39, 0.29) is 0 Å². The molecule has 0 aliphatic carbocycles. The monoisotopic (exact) mass is 257 g/mol. The summed E-state index contributed by atoms with van der Waals surface area (Å²) in [5.41, 5.74) is -0.966. The van der Waals surface area contributed by atoms with Crippen LogP contribution < -0.4 is 0 Å². The zero-order valence-electron chi connectivity index (χ0n) is 10.7. The van der Waals surface area contributed by atoms with E-state index in [0.717, 1.165) is 6.07 Å². The Kier molecular flexibility index (Phi) is 3.66. The molecule has 1 aromatic carbocycles. The van der Waals surface area contributed by atoms with Crippen LogP contribution in [0, 0.1) is 11.6 Å². The van der Waals surface area contributed by atoms with Gasteiger partial charge in [0.1, 0.15) is 17.3 Å². The smallest absolute Gasteiger partial charge is 0.126 e. The maximum Gasteiger partial charge on any atom is 0.126 e. The lowest BCUT2D eigenvalue weighted by Gasteiger charge is -2.38. The van der Waals surface area contributed by atoms with E-state index in [1.807, 2.05) is 7.05 Å². The van der Waals surface area contributed by atoms with E-state index < -0.39 is 23.2 Å². The Morgan fingerprint density at radius 1 is 1.11 bits per heavy atom. The molecule has 1 fully saturated rings. The van der Waals surface area contributed by atoms with Crippen LogP contribution in [0.4, 0.5) is 13.2 Å². The first kappa shape index (κ1) is 13.4. The molecule has 0 N–H and O–H groups in total. The Balaban J connectivity index is 2.22. The standard InChI is InChI=1S/C14H18F3N/c1-10(11-7-12(15)9-13(16)8-11)14(17)3-5-18(2)6-4-14/h7-10H,3-6H2,1-2H3/t10-/m0/s1. The summed E-state index contributed by atoms with van der Waals surface area (Å²) in [5, 5.41) is 0. The Morgan fingerprint density at radius 2 is 1.61 bits per heavy atom. The average Bonchev–Trinajstić information content (AvgIpc) is 2.31. The zero-order chi connectivity index (χ0) is 13.3. The lowest BCUT2D eigenvalue weighted by atomic mass is 9.78. The van der Waals surface area contributed by atoms with Gasteiger partial charge in [-0.3, -0.25) is 0 Å². The van der Waals surface area contributed by atoms with Crippen LogP contribution in [0.3, 0.4) is 0 Å². The predicted molar refractivity (Wildman–Crippen MR) is 65.3 cm³/mol. The molecule has 100 valence electrons. The Morgan fingerprint density at radius 3 is 2.11 bits per heavy atom. The second-order valence-corrected chi connectivity index (χ2v) is 5.26. The van der Waals surface area contributed by atoms with Gasteiger partial charge in [-0.15, -0.1) is 0 Å². The third-order valence-corrected chi connectivity index (χ3v) is 3.98. The van der Waals surface area contributed by atoms with Crippen LogP contribution in [-0.2, 0) is 0 Å². The van der Waals surface area contributed by atoms with Crippen molar-refractivity contribution in [2.75, 3.05) is 20.1 Å². The number of hydrogen-bond donors (Lipinski definition) is 0. The molecule has 1 saturated heterocycles. The molecule has 1 aliphatic heterocycles. The van der Waals surface area contributed by atoms with Crippen molar-refractivity contribution in [2.24, 2.45) is 0 Å². The van der Waals surface area contributed by atoms with Crippen LogP contribution in [0.5, 0.6) is 0 Å². The highest BCUT2D eigenvalue weighted by molar-refractivity contribution is 5.24. The molecule has 0 radical (unpaired) electrons. The van der Waals surface area contributed by atoms with Crippen LogP contribution in [0.2, 0.25) is 0 Å². The van der Waals surface area contributed by atoms with Crippen molar-refractivity contribution in [1.82, 2.24) is 4.90 Å². The van der Waals surface area contributed by atoms with Gasteiger partial charge in [-0.25, -0.2) is 13.2 Å². The fourth-order valence-electron chi connectivity index (χ4n) is 2.55. The summed E-state index contributed by atoms with van der Waals surface area (Å²) in [6.07, 6.45) is 0.811. The molecule has 0 spiro atoms. The Bertz CT molecular complexity index is 405. The minimum Gasteiger partial charge on any atom is -0.306 e. The second kappa shape index (κ2) is 4.92. The van der Waals surface area contributed by atoms with Crippen molar-refractivity contribution < 1.29 is 13.2 Å². The first-order valence-corrected chi connectivity index (χ1v) is 6.24. The summed E-state index contributed by atoms with van der Waals surface area (Å²) in [5.74, 6) is -1.78. The van der Waals surface area contributed by atoms with Gasteiger partial charge in [0.05, 0.1) is 0 Å². The molecule has 1 aromatic rings. The molecule has 0 amide bonds. The van der Waals surface area contributed by atoms with Gasteiger partial charge in [0, 0.05) is 25.1 Å². The van der Waals surface area contributed by atoms with Gasteiger partial charge in [0.25, 0.3) is 0 Å². The average molecular weight is 257 g/mol. The molecule has 0 saturated carbocycles. The molecule has 0 unspecified atom stereocenters. The number of halogens is 3. The third kappa shape index (κ3) is 2.69. The van der Waals surface area contributed by atoms with E-state index in [9.17, 15) is 13.2 Å². The topological polar surface area (TPSA) is 3.24 Å². The largest absolute Gasteiger partial charge is 0.306 e. The van der Waals surface area contributed by atoms with E-state index in [4.69, 9.17) is 0 Å². The predicted octanol–water partition coefficient (Wildman–Crippen LogP) is 3.50. The number of rotatable bonds is 2. The molecule has 0 aromatic heterocycles. The summed E-state index contributed by atoms with van der Waals surface area (Å²) < 4.78 is 41.2. The molecule has 4 heteroatoms. The van der Waals surface area contributed by atoms with Crippen molar-refractivity contribution in [3.05, 3.63) is 35.4 Å². The van der Waals surface area contributed by atoms with Crippen LogP contribution >= 0.6 is 0 Å². The van der Waals surface area contributed by atoms with E-state index in [1.165, 1.54) is 12.1 Å². The van der Waals surface area contributed by atoms with Crippen LogP contribution in [0.15, 0.2) is 18.2 Å². The van der Waals surface area contributed by atoms with E-state index >= 15 is 0 Å². The molecular weight excluding hydrogens is 239 g/mol. The number of likely N-dealkylation sites (tertiary alicyclic amines) is 1. The van der Waals surface area contributed by atoms with Gasteiger partial charge in [0.2, 0.25) is 0 Å². The zero-order valence-corrected chi connectivity index (χ0v) is 10.7. The Labute approximate surface area is 106 Å². The van der Waals surface area contributed by atoms with Gasteiger partial charge in [-0.2, -0.15) is 0 Å². The van der Waals surface area contributed by atoms with E-state index in [0.29, 0.717) is 31.5 Å². The minimum atomic E-state index is -1.37. The number of alkyl halides is 1. The lowest BCUT2D eigenvalue weighted by Crippen LogP contribution is -2.42. The third-order valence-electron chi connectivity index (χ3n) is 3.98. The van der Waals surface area contributed by atoms with Crippen molar-refractivity contribution in [2.45, 2.75) is 31.4 Å². The summed E-state index contributed by atoms with van der Waals surface area (Å²) in [4.78, 5) is 2.07. The SMILES string of the molecule is C[C@@H](c1cc(F)cc(F)c1)C1(F)CCN(C)CC1. The van der Waals surface area contributed by atoms with Crippen LogP contribution in [0.25, 0.3) is 0 Å². The van der Waals surface area contributed by atoms with Gasteiger partial charge >= 0.3 is 0 Å². The van der Waals surface area contributed by atoms with E-state index in [2.05, 4.69) is 4.90 Å². The molecule has 1 aliphatic rings. The number of benzene rings is 1. The molecule has 0 bridgehead atoms. The molecule has 1 nitrogen and oxygen atoms in total.